The molecule has 4 heterocycles. The Labute approximate surface area is 141 Å². The zero-order valence-electron chi connectivity index (χ0n) is 12.9. The number of aromatic nitrogens is 5. The number of pyridine rings is 1. The molecule has 0 saturated carbocycles. The van der Waals surface area contributed by atoms with Crippen molar-refractivity contribution in [3.05, 3.63) is 60.0 Å². The van der Waals surface area contributed by atoms with Crippen LogP contribution in [-0.4, -0.2) is 29.8 Å². The molecule has 4 aromatic rings. The third-order valence-corrected chi connectivity index (χ3v) is 4.36. The first-order valence-corrected chi connectivity index (χ1v) is 8.24. The van der Waals surface area contributed by atoms with Crippen LogP contribution in [0.15, 0.2) is 48.5 Å². The minimum absolute atomic E-state index is 0.117. The van der Waals surface area contributed by atoms with Crippen LogP contribution in [0.5, 0.6) is 0 Å². The van der Waals surface area contributed by atoms with Crippen molar-refractivity contribution in [3.8, 4) is 5.82 Å². The topological polar surface area (TPSA) is 77.1 Å². The predicted molar refractivity (Wildman–Crippen MR) is 91.5 cm³/mol. The van der Waals surface area contributed by atoms with Crippen LogP contribution in [0.2, 0.25) is 0 Å². The SMILES string of the molecule is Cc1nccn1-c1ccc(NC(=O)Cc2cn3ccsc3n2)cn1. The van der Waals surface area contributed by atoms with Crippen molar-refractivity contribution in [1.82, 2.24) is 23.9 Å². The average molecular weight is 338 g/mol. The molecule has 1 N–H and O–H groups in total. The number of carbonyl (C=O) groups is 1. The van der Waals surface area contributed by atoms with E-state index in [9.17, 15) is 4.79 Å². The van der Waals surface area contributed by atoms with Crippen LogP contribution in [-0.2, 0) is 11.2 Å². The van der Waals surface area contributed by atoms with Gasteiger partial charge in [0.25, 0.3) is 0 Å². The van der Waals surface area contributed by atoms with Crippen molar-refractivity contribution in [2.75, 3.05) is 5.32 Å². The van der Waals surface area contributed by atoms with Crippen LogP contribution in [0.1, 0.15) is 11.5 Å². The molecule has 8 heteroatoms. The molecule has 0 unspecified atom stereocenters. The zero-order chi connectivity index (χ0) is 16.5. The van der Waals surface area contributed by atoms with Gasteiger partial charge in [-0.1, -0.05) is 0 Å². The molecule has 0 saturated heterocycles. The van der Waals surface area contributed by atoms with Crippen molar-refractivity contribution < 1.29 is 4.79 Å². The number of nitrogens with zero attached hydrogens (tertiary/aromatic N) is 5. The van der Waals surface area contributed by atoms with Crippen LogP contribution in [0, 0.1) is 6.92 Å². The molecule has 24 heavy (non-hydrogen) atoms. The van der Waals surface area contributed by atoms with Crippen LogP contribution < -0.4 is 5.32 Å². The Kier molecular flexibility index (Phi) is 3.58. The lowest BCUT2D eigenvalue weighted by molar-refractivity contribution is -0.115. The number of hydrogen-bond donors (Lipinski definition) is 1. The second-order valence-corrected chi connectivity index (χ2v) is 6.17. The number of nitrogens with one attached hydrogen (secondary N) is 1. The van der Waals surface area contributed by atoms with Crippen molar-refractivity contribution in [2.45, 2.75) is 13.3 Å². The van der Waals surface area contributed by atoms with E-state index in [0.29, 0.717) is 5.69 Å². The van der Waals surface area contributed by atoms with Crippen molar-refractivity contribution in [3.63, 3.8) is 0 Å². The second kappa shape index (κ2) is 5.89. The van der Waals surface area contributed by atoms with Gasteiger partial charge in [-0.3, -0.25) is 13.8 Å². The molecule has 0 aliphatic heterocycles. The number of thiazole rings is 1. The van der Waals surface area contributed by atoms with E-state index in [4.69, 9.17) is 0 Å². The summed E-state index contributed by atoms with van der Waals surface area (Å²) in [6, 6.07) is 3.67. The molecule has 0 radical (unpaired) electrons. The Bertz CT molecular complexity index is 969. The highest BCUT2D eigenvalue weighted by atomic mass is 32.1. The lowest BCUT2D eigenvalue weighted by atomic mass is 10.3. The Morgan fingerprint density at radius 2 is 2.21 bits per heavy atom. The van der Waals surface area contributed by atoms with E-state index in [1.807, 2.05) is 52.0 Å². The van der Waals surface area contributed by atoms with Gasteiger partial charge in [0.15, 0.2) is 4.96 Å². The molecule has 0 bridgehead atoms. The maximum Gasteiger partial charge on any atom is 0.230 e. The number of imidazole rings is 2. The number of fused-ring (bicyclic) bond motifs is 1. The summed E-state index contributed by atoms with van der Waals surface area (Å²) in [5.74, 6) is 1.51. The van der Waals surface area contributed by atoms with Gasteiger partial charge in [-0.05, 0) is 19.1 Å². The fourth-order valence-corrected chi connectivity index (χ4v) is 3.17. The van der Waals surface area contributed by atoms with Gasteiger partial charge in [-0.2, -0.15) is 0 Å². The van der Waals surface area contributed by atoms with E-state index in [2.05, 4.69) is 20.3 Å². The fourth-order valence-electron chi connectivity index (χ4n) is 2.45. The molecule has 0 spiro atoms. The maximum atomic E-state index is 12.1. The molecule has 0 aromatic carbocycles. The van der Waals surface area contributed by atoms with Gasteiger partial charge in [0.2, 0.25) is 5.91 Å². The number of rotatable bonds is 4. The fraction of sp³-hybridized carbons (Fsp3) is 0.125. The number of anilines is 1. The number of aryl methyl sites for hydroxylation is 1. The Morgan fingerprint density at radius 3 is 2.92 bits per heavy atom. The second-order valence-electron chi connectivity index (χ2n) is 5.30. The van der Waals surface area contributed by atoms with Crippen LogP contribution in [0.4, 0.5) is 5.69 Å². The highest BCUT2D eigenvalue weighted by molar-refractivity contribution is 7.15. The quantitative estimate of drug-likeness (QED) is 0.620. The van der Waals surface area contributed by atoms with Gasteiger partial charge in [0.1, 0.15) is 11.6 Å². The Hall–Kier alpha value is -3.00. The highest BCUT2D eigenvalue weighted by Gasteiger charge is 2.09. The van der Waals surface area contributed by atoms with Crippen molar-refractivity contribution >= 4 is 27.9 Å². The van der Waals surface area contributed by atoms with Crippen molar-refractivity contribution in [1.29, 1.82) is 0 Å². The summed E-state index contributed by atoms with van der Waals surface area (Å²) in [6.45, 7) is 1.91. The molecule has 1 amide bonds. The Balaban J connectivity index is 1.44. The van der Waals surface area contributed by atoms with Crippen LogP contribution in [0.25, 0.3) is 10.8 Å². The number of amides is 1. The van der Waals surface area contributed by atoms with Gasteiger partial charge in [-0.15, -0.1) is 11.3 Å². The van der Waals surface area contributed by atoms with Gasteiger partial charge in [0, 0.05) is 30.2 Å². The lowest BCUT2D eigenvalue weighted by Crippen LogP contribution is -2.15. The molecule has 7 nitrogen and oxygen atoms in total. The first-order valence-electron chi connectivity index (χ1n) is 7.36. The highest BCUT2D eigenvalue weighted by Crippen LogP contribution is 2.14. The van der Waals surface area contributed by atoms with Gasteiger partial charge in [-0.25, -0.2) is 15.0 Å². The molecule has 0 aliphatic rings. The van der Waals surface area contributed by atoms with E-state index < -0.39 is 0 Å². The predicted octanol–water partition coefficient (Wildman–Crippen LogP) is 2.47. The normalized spacial score (nSPS) is 11.0. The number of hydrogen-bond acceptors (Lipinski definition) is 5. The third kappa shape index (κ3) is 2.79. The summed E-state index contributed by atoms with van der Waals surface area (Å²) < 4.78 is 3.79. The minimum Gasteiger partial charge on any atom is -0.324 e. The number of carbonyl (C=O) groups excluding carboxylic acids is 1. The van der Waals surface area contributed by atoms with Gasteiger partial charge < -0.3 is 5.32 Å². The largest absolute Gasteiger partial charge is 0.324 e. The first kappa shape index (κ1) is 14.6. The third-order valence-electron chi connectivity index (χ3n) is 3.59. The minimum atomic E-state index is -0.117. The van der Waals surface area contributed by atoms with Crippen LogP contribution >= 0.6 is 11.3 Å². The molecule has 0 fully saturated rings. The monoisotopic (exact) mass is 338 g/mol. The first-order chi connectivity index (χ1) is 11.7. The Morgan fingerprint density at radius 1 is 1.29 bits per heavy atom. The molecule has 0 atom stereocenters. The smallest absolute Gasteiger partial charge is 0.230 e. The van der Waals surface area contributed by atoms with E-state index in [-0.39, 0.29) is 12.3 Å². The molecule has 0 aliphatic carbocycles. The summed E-state index contributed by atoms with van der Waals surface area (Å²) in [5.41, 5.74) is 1.40. The molecule has 120 valence electrons. The molecule has 4 rings (SSSR count). The van der Waals surface area contributed by atoms with E-state index >= 15 is 0 Å². The van der Waals surface area contributed by atoms with Gasteiger partial charge in [0.05, 0.1) is 24.0 Å². The molecule has 4 aromatic heterocycles. The van der Waals surface area contributed by atoms with Crippen LogP contribution in [0.3, 0.4) is 0 Å². The van der Waals surface area contributed by atoms with E-state index in [1.165, 1.54) is 0 Å². The summed E-state index contributed by atoms with van der Waals surface area (Å²) in [7, 11) is 0. The standard InChI is InChI=1S/C16H14N6OS/c1-11-17-4-5-22(11)14-3-2-12(9-18-14)19-15(23)8-13-10-21-6-7-24-16(21)20-13/h2-7,9-10H,8H2,1H3,(H,19,23). The maximum absolute atomic E-state index is 12.1. The summed E-state index contributed by atoms with van der Waals surface area (Å²) in [6.07, 6.45) is 9.24. The zero-order valence-corrected chi connectivity index (χ0v) is 13.7. The molecular weight excluding hydrogens is 324 g/mol. The van der Waals surface area contributed by atoms with Gasteiger partial charge >= 0.3 is 0 Å². The van der Waals surface area contributed by atoms with Crippen molar-refractivity contribution in [2.24, 2.45) is 0 Å². The summed E-state index contributed by atoms with van der Waals surface area (Å²) in [5, 5.41) is 4.80. The summed E-state index contributed by atoms with van der Waals surface area (Å²) >= 11 is 1.54. The molecular formula is C16H14N6OS. The lowest BCUT2D eigenvalue weighted by Gasteiger charge is -2.06. The van der Waals surface area contributed by atoms with E-state index in [1.54, 1.807) is 23.7 Å². The average Bonchev–Trinajstić information content (AvgIpc) is 3.24. The summed E-state index contributed by atoms with van der Waals surface area (Å²) in [4.78, 5) is 26.0. The van der Waals surface area contributed by atoms with E-state index in [0.717, 1.165) is 22.3 Å².